The first-order valence-electron chi connectivity index (χ1n) is 9.92. The summed E-state index contributed by atoms with van der Waals surface area (Å²) in [6.07, 6.45) is -5.08. The summed E-state index contributed by atoms with van der Waals surface area (Å²) in [7, 11) is 1.52. The largest absolute Gasteiger partial charge is 0.495 e. The lowest BCUT2D eigenvalue weighted by Gasteiger charge is -2.20. The van der Waals surface area contributed by atoms with Crippen LogP contribution < -0.4 is 20.7 Å². The summed E-state index contributed by atoms with van der Waals surface area (Å²) in [6, 6.07) is 4.46. The summed E-state index contributed by atoms with van der Waals surface area (Å²) in [4.78, 5) is 32.8. The molecule has 0 fully saturated rings. The molecule has 1 heterocycles. The van der Waals surface area contributed by atoms with Crippen molar-refractivity contribution in [2.75, 3.05) is 17.7 Å². The molecule has 2 unspecified atom stereocenters. The first kappa shape index (κ1) is 28.4. The van der Waals surface area contributed by atoms with Gasteiger partial charge in [0.15, 0.2) is 0 Å². The fraction of sp³-hybridized carbons (Fsp3) is 0.429. The highest BCUT2D eigenvalue weighted by Crippen LogP contribution is 2.28. The van der Waals surface area contributed by atoms with Gasteiger partial charge in [-0.05, 0) is 45.9 Å². The number of nitrogens with one attached hydrogen (secondary N) is 3. The van der Waals surface area contributed by atoms with Crippen molar-refractivity contribution in [1.82, 2.24) is 10.5 Å². The minimum atomic E-state index is -5.08. The van der Waals surface area contributed by atoms with Crippen molar-refractivity contribution < 1.29 is 41.9 Å². The first-order chi connectivity index (χ1) is 15.7. The molecule has 188 valence electrons. The molecule has 2 aromatic rings. The second-order valence-corrected chi connectivity index (χ2v) is 7.24. The normalized spacial score (nSPS) is 12.6. The number of benzene rings is 1. The summed E-state index contributed by atoms with van der Waals surface area (Å²) in [6.45, 7) is 8.86. The van der Waals surface area contributed by atoms with E-state index in [1.807, 2.05) is 20.8 Å². The Labute approximate surface area is 193 Å². The SMILES string of the molecule is COc1ccc(NC(C)=O)cc1NC(=O)C(C)NC(C)c1c(C)noc1C.O=C(O)C(F)(F)F. The Balaban J connectivity index is 0.000000718. The lowest BCUT2D eigenvalue weighted by molar-refractivity contribution is -0.192. The number of carboxylic acids is 1. The van der Waals surface area contributed by atoms with Crippen LogP contribution in [0.15, 0.2) is 22.7 Å². The number of carbonyl (C=O) groups excluding carboxylic acids is 2. The highest BCUT2D eigenvalue weighted by Gasteiger charge is 2.38. The number of anilines is 2. The van der Waals surface area contributed by atoms with Gasteiger partial charge in [0.2, 0.25) is 11.8 Å². The molecule has 4 N–H and O–H groups in total. The van der Waals surface area contributed by atoms with Gasteiger partial charge >= 0.3 is 12.1 Å². The zero-order chi connectivity index (χ0) is 26.2. The van der Waals surface area contributed by atoms with Crippen LogP contribution in [0.1, 0.15) is 43.8 Å². The fourth-order valence-corrected chi connectivity index (χ4v) is 2.97. The van der Waals surface area contributed by atoms with Crippen LogP contribution in [0.2, 0.25) is 0 Å². The van der Waals surface area contributed by atoms with Gasteiger partial charge in [-0.2, -0.15) is 13.2 Å². The van der Waals surface area contributed by atoms with Gasteiger partial charge in [0.25, 0.3) is 0 Å². The molecule has 2 atom stereocenters. The van der Waals surface area contributed by atoms with Crippen molar-refractivity contribution in [3.05, 3.63) is 35.2 Å². The van der Waals surface area contributed by atoms with Crippen LogP contribution >= 0.6 is 0 Å². The molecule has 1 aromatic heterocycles. The van der Waals surface area contributed by atoms with Crippen LogP contribution in [0.5, 0.6) is 5.75 Å². The maximum atomic E-state index is 12.6. The van der Waals surface area contributed by atoms with Crippen molar-refractivity contribution in [1.29, 1.82) is 0 Å². The second kappa shape index (κ2) is 12.0. The third-order valence-corrected chi connectivity index (χ3v) is 4.44. The van der Waals surface area contributed by atoms with E-state index in [4.69, 9.17) is 19.2 Å². The number of ether oxygens (including phenoxy) is 1. The number of methoxy groups -OCH3 is 1. The molecule has 2 rings (SSSR count). The van der Waals surface area contributed by atoms with Gasteiger partial charge in [0, 0.05) is 24.2 Å². The number of hydrogen-bond acceptors (Lipinski definition) is 7. The number of aromatic nitrogens is 1. The molecule has 0 spiro atoms. The van der Waals surface area contributed by atoms with Crippen LogP contribution in [0.3, 0.4) is 0 Å². The summed E-state index contributed by atoms with van der Waals surface area (Å²) in [5, 5.41) is 19.8. The first-order valence-corrected chi connectivity index (χ1v) is 9.92. The molecule has 0 bridgehead atoms. The molecule has 0 saturated carbocycles. The number of aryl methyl sites for hydroxylation is 2. The van der Waals surface area contributed by atoms with E-state index in [-0.39, 0.29) is 17.9 Å². The van der Waals surface area contributed by atoms with E-state index in [0.717, 1.165) is 17.0 Å². The Kier molecular flexibility index (Phi) is 10.0. The minimum absolute atomic E-state index is 0.107. The molecular weight excluding hydrogens is 461 g/mol. The Hall–Kier alpha value is -3.61. The molecule has 13 heteroatoms. The van der Waals surface area contributed by atoms with E-state index in [9.17, 15) is 22.8 Å². The predicted molar refractivity (Wildman–Crippen MR) is 117 cm³/mol. The standard InChI is InChI=1S/C19H26N4O4.C2HF3O2/c1-10(18-11(2)23-27-13(18)4)20-12(3)19(25)22-16-9-15(21-14(5)24)7-8-17(16)26-6;3-2(4,5)1(6)7/h7-10,12,20H,1-6H3,(H,21,24)(H,22,25);(H,6,7). The molecule has 34 heavy (non-hydrogen) atoms. The van der Waals surface area contributed by atoms with Crippen molar-refractivity contribution in [3.8, 4) is 5.75 Å². The molecule has 0 aliphatic carbocycles. The van der Waals surface area contributed by atoms with E-state index < -0.39 is 18.2 Å². The Morgan fingerprint density at radius 1 is 1.15 bits per heavy atom. The monoisotopic (exact) mass is 488 g/mol. The van der Waals surface area contributed by atoms with Crippen LogP contribution in [-0.2, 0) is 14.4 Å². The molecule has 10 nitrogen and oxygen atoms in total. The zero-order valence-corrected chi connectivity index (χ0v) is 19.5. The molecule has 0 aliphatic heterocycles. The highest BCUT2D eigenvalue weighted by molar-refractivity contribution is 5.97. The van der Waals surface area contributed by atoms with Crippen molar-refractivity contribution in [2.45, 2.75) is 52.9 Å². The van der Waals surface area contributed by atoms with Gasteiger partial charge in [-0.15, -0.1) is 0 Å². The Morgan fingerprint density at radius 3 is 2.18 bits per heavy atom. The van der Waals surface area contributed by atoms with Crippen LogP contribution in [0.4, 0.5) is 24.5 Å². The number of rotatable bonds is 7. The van der Waals surface area contributed by atoms with Crippen molar-refractivity contribution in [2.24, 2.45) is 0 Å². The van der Waals surface area contributed by atoms with Crippen molar-refractivity contribution >= 4 is 29.2 Å². The van der Waals surface area contributed by atoms with Gasteiger partial charge in [0.1, 0.15) is 11.5 Å². The molecular formula is C21H27F3N4O6. The Bertz CT molecular complexity index is 1000. The molecule has 0 saturated heterocycles. The number of alkyl halides is 3. The maximum Gasteiger partial charge on any atom is 0.490 e. The number of aliphatic carboxylic acids is 1. The van der Waals surface area contributed by atoms with E-state index >= 15 is 0 Å². The number of halogens is 3. The highest BCUT2D eigenvalue weighted by atomic mass is 19.4. The van der Waals surface area contributed by atoms with E-state index in [1.165, 1.54) is 14.0 Å². The van der Waals surface area contributed by atoms with E-state index in [1.54, 1.807) is 25.1 Å². The molecule has 1 aromatic carbocycles. The van der Waals surface area contributed by atoms with Gasteiger partial charge in [-0.1, -0.05) is 5.16 Å². The third-order valence-electron chi connectivity index (χ3n) is 4.44. The zero-order valence-electron chi connectivity index (χ0n) is 19.5. The lowest BCUT2D eigenvalue weighted by Crippen LogP contribution is -2.39. The smallest absolute Gasteiger partial charge is 0.490 e. The summed E-state index contributed by atoms with van der Waals surface area (Å²) in [5.74, 6) is -1.95. The maximum absolute atomic E-state index is 12.6. The number of hydrogen-bond donors (Lipinski definition) is 4. The minimum Gasteiger partial charge on any atom is -0.495 e. The van der Waals surface area contributed by atoms with Gasteiger partial charge in [-0.3, -0.25) is 14.9 Å². The van der Waals surface area contributed by atoms with Gasteiger partial charge < -0.3 is 25.0 Å². The molecule has 0 radical (unpaired) electrons. The fourth-order valence-electron chi connectivity index (χ4n) is 2.97. The van der Waals surface area contributed by atoms with Crippen LogP contribution in [-0.4, -0.2) is 47.4 Å². The van der Waals surface area contributed by atoms with Gasteiger partial charge in [-0.25, -0.2) is 4.79 Å². The average Bonchev–Trinajstić information content (AvgIpc) is 3.05. The summed E-state index contributed by atoms with van der Waals surface area (Å²) in [5.41, 5.74) is 2.79. The van der Waals surface area contributed by atoms with Gasteiger partial charge in [0.05, 0.1) is 24.5 Å². The number of amides is 2. The predicted octanol–water partition coefficient (Wildman–Crippen LogP) is 3.57. The lowest BCUT2D eigenvalue weighted by atomic mass is 10.1. The third kappa shape index (κ3) is 8.39. The van der Waals surface area contributed by atoms with Crippen molar-refractivity contribution in [3.63, 3.8) is 0 Å². The number of nitrogens with zero attached hydrogens (tertiary/aromatic N) is 1. The van der Waals surface area contributed by atoms with Crippen LogP contribution in [0.25, 0.3) is 0 Å². The average molecular weight is 488 g/mol. The molecule has 2 amide bonds. The Morgan fingerprint density at radius 2 is 1.74 bits per heavy atom. The van der Waals surface area contributed by atoms with E-state index in [0.29, 0.717) is 17.1 Å². The van der Waals surface area contributed by atoms with Crippen LogP contribution in [0, 0.1) is 13.8 Å². The topological polar surface area (TPSA) is 143 Å². The number of carboxylic acid groups (broad SMARTS) is 1. The van der Waals surface area contributed by atoms with E-state index in [2.05, 4.69) is 21.1 Å². The summed E-state index contributed by atoms with van der Waals surface area (Å²) < 4.78 is 42.2. The number of carbonyl (C=O) groups is 3. The molecule has 0 aliphatic rings. The second-order valence-electron chi connectivity index (χ2n) is 7.24. The summed E-state index contributed by atoms with van der Waals surface area (Å²) >= 11 is 0. The quantitative estimate of drug-likeness (QED) is 0.463.